The minimum absolute atomic E-state index is 0.147. The molecule has 0 bridgehead atoms. The van der Waals surface area contributed by atoms with Crippen molar-refractivity contribution in [2.24, 2.45) is 4.99 Å². The number of nitrogens with one attached hydrogen (secondary N) is 1. The molecule has 28 heavy (non-hydrogen) atoms. The van der Waals surface area contributed by atoms with Crippen LogP contribution in [0.3, 0.4) is 0 Å². The van der Waals surface area contributed by atoms with Crippen LogP contribution in [0, 0.1) is 5.82 Å². The van der Waals surface area contributed by atoms with Crippen LogP contribution in [0.4, 0.5) is 10.1 Å². The minimum atomic E-state index is -0.147. The number of para-hydroxylation sites is 1. The highest BCUT2D eigenvalue weighted by molar-refractivity contribution is 5.80. The maximum atomic E-state index is 14.1. The Labute approximate surface area is 167 Å². The summed E-state index contributed by atoms with van der Waals surface area (Å²) < 4.78 is 20.1. The van der Waals surface area contributed by atoms with E-state index in [1.54, 1.807) is 6.07 Å². The van der Waals surface area contributed by atoms with Gasteiger partial charge in [-0.25, -0.2) is 4.39 Å². The van der Waals surface area contributed by atoms with Gasteiger partial charge in [0.05, 0.1) is 24.9 Å². The number of piperazine rings is 1. The Morgan fingerprint density at radius 3 is 2.82 bits per heavy atom. The molecule has 3 aliphatic heterocycles. The Bertz CT molecular complexity index is 677. The van der Waals surface area contributed by atoms with Crippen LogP contribution in [0.1, 0.15) is 19.8 Å². The topological polar surface area (TPSA) is 43.3 Å². The Kier molecular flexibility index (Phi) is 6.32. The second-order valence-electron chi connectivity index (χ2n) is 7.87. The average molecular weight is 390 g/mol. The third-order valence-corrected chi connectivity index (χ3v) is 6.01. The van der Waals surface area contributed by atoms with Gasteiger partial charge in [-0.05, 0) is 38.4 Å². The van der Waals surface area contributed by atoms with E-state index in [2.05, 4.69) is 26.9 Å². The van der Waals surface area contributed by atoms with Crippen molar-refractivity contribution < 1.29 is 9.13 Å². The summed E-state index contributed by atoms with van der Waals surface area (Å²) in [5.74, 6) is 0.800. The lowest BCUT2D eigenvalue weighted by molar-refractivity contribution is -0.0432. The highest BCUT2D eigenvalue weighted by Gasteiger charge is 2.32. The number of nitrogens with zero attached hydrogens (tertiary/aromatic N) is 4. The summed E-state index contributed by atoms with van der Waals surface area (Å²) in [6.07, 6.45) is 2.74. The first kappa shape index (κ1) is 19.5. The first-order chi connectivity index (χ1) is 13.7. The molecule has 1 N–H and O–H groups in total. The molecule has 7 heteroatoms. The fourth-order valence-corrected chi connectivity index (χ4v) is 4.48. The molecule has 3 saturated heterocycles. The molecule has 0 spiro atoms. The van der Waals surface area contributed by atoms with Crippen molar-refractivity contribution in [2.75, 3.05) is 63.9 Å². The van der Waals surface area contributed by atoms with E-state index in [0.29, 0.717) is 18.3 Å². The van der Waals surface area contributed by atoms with Crippen molar-refractivity contribution in [2.45, 2.75) is 31.9 Å². The number of aliphatic imine (C=N–C) groups is 1. The van der Waals surface area contributed by atoms with E-state index in [1.807, 2.05) is 12.1 Å². The fraction of sp³-hybridized carbons (Fsp3) is 0.667. The van der Waals surface area contributed by atoms with Crippen molar-refractivity contribution in [1.29, 1.82) is 0 Å². The molecule has 0 saturated carbocycles. The van der Waals surface area contributed by atoms with Gasteiger partial charge in [0.25, 0.3) is 0 Å². The monoisotopic (exact) mass is 389 g/mol. The van der Waals surface area contributed by atoms with E-state index >= 15 is 0 Å². The molecule has 3 heterocycles. The molecule has 4 rings (SSSR count). The van der Waals surface area contributed by atoms with Gasteiger partial charge >= 0.3 is 0 Å². The molecule has 6 nitrogen and oxygen atoms in total. The molecule has 3 fully saturated rings. The van der Waals surface area contributed by atoms with Crippen molar-refractivity contribution in [1.82, 2.24) is 15.1 Å². The third-order valence-electron chi connectivity index (χ3n) is 6.01. The van der Waals surface area contributed by atoms with Crippen LogP contribution in [0.2, 0.25) is 0 Å². The van der Waals surface area contributed by atoms with E-state index in [1.165, 1.54) is 25.5 Å². The zero-order valence-electron chi connectivity index (χ0n) is 16.8. The Hall–Kier alpha value is -1.86. The number of halogens is 1. The van der Waals surface area contributed by atoms with E-state index in [9.17, 15) is 4.39 Å². The second kappa shape index (κ2) is 9.09. The lowest BCUT2D eigenvalue weighted by atomic mass is 10.2. The number of benzene rings is 1. The SMILES string of the molecule is CCNC(=NCC1CN2CCCC2CO1)N1CCN(c2ccccc2F)CC1. The molecule has 2 unspecified atom stereocenters. The maximum Gasteiger partial charge on any atom is 0.194 e. The standard InChI is InChI=1S/C21H32FN5O/c1-2-23-21(24-14-18-15-27-9-5-6-17(27)16-28-18)26-12-10-25(11-13-26)20-8-4-3-7-19(20)22/h3-4,7-8,17-18H,2,5-6,9-16H2,1H3,(H,23,24). The van der Waals surface area contributed by atoms with Crippen LogP contribution < -0.4 is 10.2 Å². The molecule has 0 amide bonds. The van der Waals surface area contributed by atoms with Crippen LogP contribution in [-0.2, 0) is 4.74 Å². The third kappa shape index (κ3) is 4.41. The van der Waals surface area contributed by atoms with Gasteiger partial charge in [0.15, 0.2) is 5.96 Å². The minimum Gasteiger partial charge on any atom is -0.373 e. The number of morpholine rings is 1. The van der Waals surface area contributed by atoms with Gasteiger partial charge < -0.3 is 19.9 Å². The summed E-state index contributed by atoms with van der Waals surface area (Å²) >= 11 is 0. The molecule has 0 aromatic heterocycles. The smallest absolute Gasteiger partial charge is 0.194 e. The molecule has 0 radical (unpaired) electrons. The van der Waals surface area contributed by atoms with Gasteiger partial charge in [0.2, 0.25) is 0 Å². The summed E-state index contributed by atoms with van der Waals surface area (Å²) in [5, 5.41) is 3.42. The number of guanidine groups is 1. The van der Waals surface area contributed by atoms with Crippen molar-refractivity contribution in [3.63, 3.8) is 0 Å². The largest absolute Gasteiger partial charge is 0.373 e. The first-order valence-corrected chi connectivity index (χ1v) is 10.6. The predicted molar refractivity (Wildman–Crippen MR) is 110 cm³/mol. The van der Waals surface area contributed by atoms with E-state index in [-0.39, 0.29) is 11.9 Å². The lowest BCUT2D eigenvalue weighted by Gasteiger charge is -2.38. The lowest BCUT2D eigenvalue weighted by Crippen LogP contribution is -2.53. The summed E-state index contributed by atoms with van der Waals surface area (Å²) in [6.45, 7) is 9.92. The van der Waals surface area contributed by atoms with Crippen LogP contribution in [0.5, 0.6) is 0 Å². The molecule has 1 aromatic rings. The summed E-state index contributed by atoms with van der Waals surface area (Å²) in [7, 11) is 0. The number of ether oxygens (including phenoxy) is 1. The van der Waals surface area contributed by atoms with Gasteiger partial charge in [0.1, 0.15) is 5.82 Å². The van der Waals surface area contributed by atoms with Crippen molar-refractivity contribution >= 4 is 11.6 Å². The van der Waals surface area contributed by atoms with Crippen LogP contribution in [0.25, 0.3) is 0 Å². The highest BCUT2D eigenvalue weighted by Crippen LogP contribution is 2.23. The normalized spacial score (nSPS) is 26.4. The summed E-state index contributed by atoms with van der Waals surface area (Å²) in [4.78, 5) is 11.8. The number of hydrogen-bond acceptors (Lipinski definition) is 4. The molecule has 1 aromatic carbocycles. The van der Waals surface area contributed by atoms with Gasteiger partial charge in [-0.15, -0.1) is 0 Å². The van der Waals surface area contributed by atoms with Crippen LogP contribution in [-0.4, -0.2) is 86.9 Å². The van der Waals surface area contributed by atoms with Gasteiger partial charge in [0, 0.05) is 45.3 Å². The maximum absolute atomic E-state index is 14.1. The second-order valence-corrected chi connectivity index (χ2v) is 7.87. The molecule has 154 valence electrons. The van der Waals surface area contributed by atoms with E-state index < -0.39 is 0 Å². The Morgan fingerprint density at radius 1 is 1.21 bits per heavy atom. The first-order valence-electron chi connectivity index (χ1n) is 10.6. The van der Waals surface area contributed by atoms with E-state index in [0.717, 1.165) is 51.8 Å². The predicted octanol–water partition coefficient (Wildman–Crippen LogP) is 1.78. The highest BCUT2D eigenvalue weighted by atomic mass is 19.1. The Morgan fingerprint density at radius 2 is 2.04 bits per heavy atom. The van der Waals surface area contributed by atoms with Gasteiger partial charge in [-0.2, -0.15) is 0 Å². The number of rotatable bonds is 4. The number of hydrogen-bond donors (Lipinski definition) is 1. The quantitative estimate of drug-likeness (QED) is 0.628. The van der Waals surface area contributed by atoms with Crippen LogP contribution in [0.15, 0.2) is 29.3 Å². The molecular formula is C21H32FN5O. The average Bonchev–Trinajstić information content (AvgIpc) is 3.20. The van der Waals surface area contributed by atoms with Crippen molar-refractivity contribution in [3.05, 3.63) is 30.1 Å². The molecule has 3 aliphatic rings. The molecule has 2 atom stereocenters. The molecule has 0 aliphatic carbocycles. The van der Waals surface area contributed by atoms with Crippen molar-refractivity contribution in [3.8, 4) is 0 Å². The Balaban J connectivity index is 1.33. The van der Waals surface area contributed by atoms with E-state index in [4.69, 9.17) is 9.73 Å². The van der Waals surface area contributed by atoms with Crippen LogP contribution >= 0.6 is 0 Å². The number of anilines is 1. The van der Waals surface area contributed by atoms with Gasteiger partial charge in [-0.1, -0.05) is 12.1 Å². The fourth-order valence-electron chi connectivity index (χ4n) is 4.48. The zero-order chi connectivity index (χ0) is 19.3. The molecular weight excluding hydrogens is 357 g/mol. The zero-order valence-corrected chi connectivity index (χ0v) is 16.8. The number of fused-ring (bicyclic) bond motifs is 1. The summed E-state index contributed by atoms with van der Waals surface area (Å²) in [6, 6.07) is 7.65. The van der Waals surface area contributed by atoms with Gasteiger partial charge in [-0.3, -0.25) is 9.89 Å². The summed E-state index contributed by atoms with van der Waals surface area (Å²) in [5.41, 5.74) is 0.694.